The Labute approximate surface area is 283 Å². The first-order valence-electron chi connectivity index (χ1n) is 16.7. The highest BCUT2D eigenvalue weighted by Gasteiger charge is 2.25. The first-order valence-corrected chi connectivity index (χ1v) is 16.7. The molecule has 3 heteroatoms. The Morgan fingerprint density at radius 1 is 0.408 bits per heavy atom. The van der Waals surface area contributed by atoms with Gasteiger partial charge in [-0.2, -0.15) is 0 Å². The van der Waals surface area contributed by atoms with Gasteiger partial charge in [0.25, 0.3) is 0 Å². The zero-order chi connectivity index (χ0) is 32.3. The third kappa shape index (κ3) is 4.29. The van der Waals surface area contributed by atoms with Crippen LogP contribution in [0.2, 0.25) is 0 Å². The van der Waals surface area contributed by atoms with E-state index in [2.05, 4.69) is 179 Å². The molecule has 0 saturated heterocycles. The molecule has 0 fully saturated rings. The van der Waals surface area contributed by atoms with Gasteiger partial charge < -0.3 is 13.9 Å². The van der Waals surface area contributed by atoms with E-state index in [0.717, 1.165) is 66.5 Å². The number of para-hydroxylation sites is 5. The summed E-state index contributed by atoms with van der Waals surface area (Å²) in [5, 5.41) is 6.96. The molecule has 10 aromatic rings. The van der Waals surface area contributed by atoms with Crippen LogP contribution in [-0.2, 0) is 0 Å². The fourth-order valence-corrected chi connectivity index (χ4v) is 7.62. The van der Waals surface area contributed by atoms with Gasteiger partial charge in [-0.05, 0) is 65.5 Å². The van der Waals surface area contributed by atoms with E-state index in [1.807, 2.05) is 12.1 Å². The van der Waals surface area contributed by atoms with E-state index >= 15 is 0 Å². The van der Waals surface area contributed by atoms with Crippen LogP contribution in [0.3, 0.4) is 0 Å². The third-order valence-corrected chi connectivity index (χ3v) is 9.75. The van der Waals surface area contributed by atoms with Crippen molar-refractivity contribution in [3.05, 3.63) is 182 Å². The summed E-state index contributed by atoms with van der Waals surface area (Å²) < 4.78 is 8.77. The minimum atomic E-state index is 0.897. The van der Waals surface area contributed by atoms with Gasteiger partial charge in [0.05, 0.1) is 28.1 Å². The van der Waals surface area contributed by atoms with E-state index in [9.17, 15) is 0 Å². The van der Waals surface area contributed by atoms with E-state index in [0.29, 0.717) is 0 Å². The maximum absolute atomic E-state index is 6.35. The summed E-state index contributed by atoms with van der Waals surface area (Å²) in [7, 11) is 0. The normalized spacial score (nSPS) is 11.7. The second kappa shape index (κ2) is 11.0. The highest BCUT2D eigenvalue weighted by atomic mass is 16.3. The van der Waals surface area contributed by atoms with Crippen molar-refractivity contribution in [1.29, 1.82) is 0 Å². The second-order valence-electron chi connectivity index (χ2n) is 12.5. The molecule has 2 heterocycles. The van der Waals surface area contributed by atoms with Crippen LogP contribution in [0.5, 0.6) is 0 Å². The van der Waals surface area contributed by atoms with Gasteiger partial charge >= 0.3 is 0 Å². The summed E-state index contributed by atoms with van der Waals surface area (Å²) >= 11 is 0. The Morgan fingerprint density at radius 2 is 1.06 bits per heavy atom. The molecule has 0 amide bonds. The van der Waals surface area contributed by atoms with Crippen LogP contribution in [0.4, 0.5) is 17.1 Å². The molecule has 0 bridgehead atoms. The van der Waals surface area contributed by atoms with Crippen molar-refractivity contribution in [2.24, 2.45) is 0 Å². The molecule has 2 aromatic heterocycles. The smallest absolute Gasteiger partial charge is 0.136 e. The quantitative estimate of drug-likeness (QED) is 0.190. The van der Waals surface area contributed by atoms with Gasteiger partial charge in [-0.1, -0.05) is 127 Å². The van der Waals surface area contributed by atoms with Crippen LogP contribution in [0.15, 0.2) is 186 Å². The predicted octanol–water partition coefficient (Wildman–Crippen LogP) is 13.0. The Balaban J connectivity index is 1.36. The molecule has 0 aliphatic heterocycles. The molecule has 10 rings (SSSR count). The van der Waals surface area contributed by atoms with Gasteiger partial charge in [0.2, 0.25) is 0 Å². The number of hydrogen-bond acceptors (Lipinski definition) is 2. The molecule has 0 spiro atoms. The fraction of sp³-hybridized carbons (Fsp3) is 0. The van der Waals surface area contributed by atoms with Crippen LogP contribution in [0.25, 0.3) is 71.3 Å². The zero-order valence-electron chi connectivity index (χ0n) is 26.6. The van der Waals surface area contributed by atoms with Crippen molar-refractivity contribution in [3.8, 4) is 16.8 Å². The molecular formula is C46H30N2O. The SMILES string of the molecule is c1ccc(-c2ccccc2N(c2cccc3cc4oc5ccccc5c4cc23)c2cccc3c4ccccc4n(-c4ccccc4)c23)cc1. The summed E-state index contributed by atoms with van der Waals surface area (Å²) in [6.45, 7) is 0. The Morgan fingerprint density at radius 3 is 1.94 bits per heavy atom. The molecule has 0 radical (unpaired) electrons. The number of rotatable bonds is 5. The number of benzene rings is 8. The lowest BCUT2D eigenvalue weighted by Crippen LogP contribution is -2.13. The molecule has 0 unspecified atom stereocenters. The highest BCUT2D eigenvalue weighted by molar-refractivity contribution is 6.17. The average Bonchev–Trinajstić information content (AvgIpc) is 3.71. The summed E-state index contributed by atoms with van der Waals surface area (Å²) in [4.78, 5) is 2.47. The predicted molar refractivity (Wildman–Crippen MR) is 206 cm³/mol. The first kappa shape index (κ1) is 27.5. The molecule has 8 aromatic carbocycles. The number of hydrogen-bond donors (Lipinski definition) is 0. The molecule has 230 valence electrons. The van der Waals surface area contributed by atoms with Crippen molar-refractivity contribution in [2.45, 2.75) is 0 Å². The molecule has 0 aliphatic carbocycles. The third-order valence-electron chi connectivity index (χ3n) is 9.75. The molecule has 0 saturated carbocycles. The molecule has 0 aliphatic rings. The number of anilines is 3. The second-order valence-corrected chi connectivity index (χ2v) is 12.5. The highest BCUT2D eigenvalue weighted by Crippen LogP contribution is 2.48. The average molecular weight is 627 g/mol. The number of furan rings is 1. The first-order chi connectivity index (χ1) is 24.3. The summed E-state index contributed by atoms with van der Waals surface area (Å²) in [5.41, 5.74) is 10.9. The zero-order valence-corrected chi connectivity index (χ0v) is 26.6. The standard InChI is InChI=1S/C46H30N2O/c1-3-15-31(16-4-1)34-20-7-10-24-40(34)48(42-26-13-17-32-29-45-39(30-38(32)42)36-22-9-12-28-44(36)49-45)43-27-14-23-37-35-21-8-11-25-41(35)47(46(37)43)33-18-5-2-6-19-33/h1-30H. The van der Waals surface area contributed by atoms with E-state index in [4.69, 9.17) is 4.42 Å². The summed E-state index contributed by atoms with van der Waals surface area (Å²) in [5.74, 6) is 0. The lowest BCUT2D eigenvalue weighted by molar-refractivity contribution is 0.669. The van der Waals surface area contributed by atoms with E-state index in [-0.39, 0.29) is 0 Å². The van der Waals surface area contributed by atoms with Gasteiger partial charge in [0.1, 0.15) is 11.2 Å². The van der Waals surface area contributed by atoms with Crippen LogP contribution in [-0.4, -0.2) is 4.57 Å². The molecule has 0 N–H and O–H groups in total. The van der Waals surface area contributed by atoms with Crippen LogP contribution < -0.4 is 4.90 Å². The molecule has 0 atom stereocenters. The lowest BCUT2D eigenvalue weighted by atomic mass is 9.99. The molecule has 49 heavy (non-hydrogen) atoms. The fourth-order valence-electron chi connectivity index (χ4n) is 7.62. The van der Waals surface area contributed by atoms with Gasteiger partial charge in [0, 0.05) is 38.2 Å². The lowest BCUT2D eigenvalue weighted by Gasteiger charge is -2.30. The maximum Gasteiger partial charge on any atom is 0.136 e. The van der Waals surface area contributed by atoms with Crippen molar-refractivity contribution in [2.75, 3.05) is 4.90 Å². The van der Waals surface area contributed by atoms with Gasteiger partial charge in [0.15, 0.2) is 0 Å². The number of aromatic nitrogens is 1. The van der Waals surface area contributed by atoms with E-state index in [1.165, 1.54) is 21.9 Å². The summed E-state index contributed by atoms with van der Waals surface area (Å²) in [6.07, 6.45) is 0. The van der Waals surface area contributed by atoms with Gasteiger partial charge in [-0.3, -0.25) is 0 Å². The minimum Gasteiger partial charge on any atom is -0.456 e. The van der Waals surface area contributed by atoms with E-state index in [1.54, 1.807) is 0 Å². The van der Waals surface area contributed by atoms with Crippen molar-refractivity contribution in [1.82, 2.24) is 4.57 Å². The maximum atomic E-state index is 6.35. The summed E-state index contributed by atoms with van der Waals surface area (Å²) in [6, 6.07) is 65.1. The van der Waals surface area contributed by atoms with Crippen LogP contribution in [0.1, 0.15) is 0 Å². The Kier molecular flexibility index (Phi) is 6.18. The Bertz CT molecular complexity index is 2830. The Hall–Kier alpha value is -6.58. The van der Waals surface area contributed by atoms with Gasteiger partial charge in [-0.25, -0.2) is 0 Å². The van der Waals surface area contributed by atoms with Crippen molar-refractivity contribution in [3.63, 3.8) is 0 Å². The van der Waals surface area contributed by atoms with Gasteiger partial charge in [-0.15, -0.1) is 0 Å². The van der Waals surface area contributed by atoms with Crippen LogP contribution in [0, 0.1) is 0 Å². The molecule has 3 nitrogen and oxygen atoms in total. The van der Waals surface area contributed by atoms with Crippen molar-refractivity contribution < 1.29 is 4.42 Å². The molecular weight excluding hydrogens is 597 g/mol. The number of nitrogens with zero attached hydrogens (tertiary/aromatic N) is 2. The van der Waals surface area contributed by atoms with E-state index < -0.39 is 0 Å². The van der Waals surface area contributed by atoms with Crippen LogP contribution >= 0.6 is 0 Å². The topological polar surface area (TPSA) is 21.3 Å². The largest absolute Gasteiger partial charge is 0.456 e. The number of fused-ring (bicyclic) bond motifs is 7. The minimum absolute atomic E-state index is 0.897. The van der Waals surface area contributed by atoms with Crippen molar-refractivity contribution >= 4 is 71.6 Å². The monoisotopic (exact) mass is 626 g/mol.